The van der Waals surface area contributed by atoms with E-state index >= 15 is 0 Å². The molecule has 0 atom stereocenters. The van der Waals surface area contributed by atoms with Gasteiger partial charge in [-0.25, -0.2) is 14.8 Å². The van der Waals surface area contributed by atoms with Crippen LogP contribution in [0.25, 0.3) is 11.3 Å². The summed E-state index contributed by atoms with van der Waals surface area (Å²) in [5, 5.41) is 0.547. The molecule has 28 heavy (non-hydrogen) atoms. The molecule has 1 aromatic heterocycles. The van der Waals surface area contributed by atoms with E-state index in [9.17, 15) is 4.79 Å². The molecule has 5 nitrogen and oxygen atoms in total. The average molecular weight is 395 g/mol. The molecule has 3 rings (SSSR count). The average Bonchev–Trinajstić information content (AvgIpc) is 2.69. The molecule has 0 bridgehead atoms. The minimum atomic E-state index is -0.587. The van der Waals surface area contributed by atoms with E-state index < -0.39 is 6.03 Å². The zero-order chi connectivity index (χ0) is 20.3. The van der Waals surface area contributed by atoms with Gasteiger partial charge in [-0.05, 0) is 37.0 Å². The fourth-order valence-electron chi connectivity index (χ4n) is 3.33. The van der Waals surface area contributed by atoms with Gasteiger partial charge in [-0.3, -0.25) is 4.90 Å². The number of aromatic nitrogens is 2. The van der Waals surface area contributed by atoms with Crippen molar-refractivity contribution in [2.45, 2.75) is 33.6 Å². The van der Waals surface area contributed by atoms with Gasteiger partial charge in [-0.15, -0.1) is 0 Å². The number of rotatable bonds is 5. The zero-order valence-electron chi connectivity index (χ0n) is 16.2. The molecule has 0 aliphatic carbocycles. The van der Waals surface area contributed by atoms with Crippen molar-refractivity contribution < 1.29 is 4.79 Å². The third-order valence-corrected chi connectivity index (χ3v) is 5.00. The summed E-state index contributed by atoms with van der Waals surface area (Å²) in [6.07, 6.45) is 3.17. The number of urea groups is 1. The summed E-state index contributed by atoms with van der Waals surface area (Å²) in [5.74, 6) is 0.586. The number of halogens is 1. The Balaban J connectivity index is 2.33. The number of carbonyl (C=O) groups excluding carboxylic acids is 1. The molecule has 144 valence electrons. The van der Waals surface area contributed by atoms with Crippen LogP contribution in [-0.4, -0.2) is 16.0 Å². The van der Waals surface area contributed by atoms with E-state index in [1.54, 1.807) is 19.2 Å². The number of hydrogen-bond acceptors (Lipinski definition) is 3. The molecule has 0 saturated carbocycles. The molecule has 0 spiro atoms. The van der Waals surface area contributed by atoms with Crippen LogP contribution in [0.2, 0.25) is 5.02 Å². The van der Waals surface area contributed by atoms with Gasteiger partial charge in [0.1, 0.15) is 5.82 Å². The van der Waals surface area contributed by atoms with Crippen LogP contribution < -0.4 is 10.6 Å². The number of nitrogens with zero attached hydrogens (tertiary/aromatic N) is 3. The van der Waals surface area contributed by atoms with Crippen LogP contribution in [0.5, 0.6) is 0 Å². The first-order valence-electron chi connectivity index (χ1n) is 9.26. The van der Waals surface area contributed by atoms with Crippen molar-refractivity contribution in [3.8, 4) is 11.3 Å². The maximum atomic E-state index is 12.6. The smallest absolute Gasteiger partial charge is 0.324 e. The molecule has 3 aromatic rings. The van der Waals surface area contributed by atoms with Crippen LogP contribution in [0.1, 0.15) is 30.8 Å². The topological polar surface area (TPSA) is 72.1 Å². The number of carbonyl (C=O) groups is 1. The molecule has 1 heterocycles. The summed E-state index contributed by atoms with van der Waals surface area (Å²) in [6, 6.07) is 12.8. The second-order valence-electron chi connectivity index (χ2n) is 6.44. The van der Waals surface area contributed by atoms with Crippen molar-refractivity contribution in [3.05, 3.63) is 70.6 Å². The van der Waals surface area contributed by atoms with Gasteiger partial charge in [0.05, 0.1) is 28.3 Å². The first kappa shape index (κ1) is 19.8. The van der Waals surface area contributed by atoms with E-state index in [-0.39, 0.29) is 0 Å². The summed E-state index contributed by atoms with van der Waals surface area (Å²) < 4.78 is 0. The van der Waals surface area contributed by atoms with Crippen molar-refractivity contribution >= 4 is 29.0 Å². The molecule has 0 aliphatic heterocycles. The van der Waals surface area contributed by atoms with Crippen LogP contribution in [0.4, 0.5) is 16.2 Å². The second-order valence-corrected chi connectivity index (χ2v) is 6.84. The van der Waals surface area contributed by atoms with E-state index in [0.29, 0.717) is 22.2 Å². The molecule has 2 aromatic carbocycles. The lowest BCUT2D eigenvalue weighted by Gasteiger charge is -2.27. The van der Waals surface area contributed by atoms with Gasteiger partial charge >= 0.3 is 6.03 Å². The van der Waals surface area contributed by atoms with Crippen LogP contribution in [-0.2, 0) is 12.8 Å². The number of para-hydroxylation sites is 1. The SMILES string of the molecule is CCc1cccc(CC)c1N(C(N)=O)c1cnc(C)nc1-c1ccccc1Cl. The largest absolute Gasteiger partial charge is 0.351 e. The minimum Gasteiger partial charge on any atom is -0.351 e. The van der Waals surface area contributed by atoms with E-state index in [4.69, 9.17) is 17.3 Å². The lowest BCUT2D eigenvalue weighted by Crippen LogP contribution is -2.33. The number of nitrogens with two attached hydrogens (primary N) is 1. The number of hydrogen-bond donors (Lipinski definition) is 1. The molecular weight excluding hydrogens is 372 g/mol. The van der Waals surface area contributed by atoms with E-state index in [1.807, 2.05) is 36.4 Å². The summed E-state index contributed by atoms with van der Waals surface area (Å²) >= 11 is 6.44. The third-order valence-electron chi connectivity index (χ3n) is 4.67. The van der Waals surface area contributed by atoms with Crippen LogP contribution in [0.3, 0.4) is 0 Å². The lowest BCUT2D eigenvalue weighted by molar-refractivity contribution is 0.256. The number of amides is 2. The highest BCUT2D eigenvalue weighted by Gasteiger charge is 2.25. The van der Waals surface area contributed by atoms with Crippen LogP contribution in [0.15, 0.2) is 48.7 Å². The summed E-state index contributed by atoms with van der Waals surface area (Å²) in [5.41, 5.74) is 10.5. The van der Waals surface area contributed by atoms with Gasteiger partial charge in [0.15, 0.2) is 0 Å². The number of aryl methyl sites for hydroxylation is 3. The normalized spacial score (nSPS) is 10.7. The summed E-state index contributed by atoms with van der Waals surface area (Å²) in [7, 11) is 0. The predicted molar refractivity (Wildman–Crippen MR) is 114 cm³/mol. The fourth-order valence-corrected chi connectivity index (χ4v) is 3.56. The van der Waals surface area contributed by atoms with Crippen molar-refractivity contribution in [2.75, 3.05) is 4.90 Å². The Morgan fingerprint density at radius 1 is 1.07 bits per heavy atom. The fraction of sp³-hybridized carbons (Fsp3) is 0.227. The number of primary amides is 1. The summed E-state index contributed by atoms with van der Waals surface area (Å²) in [4.78, 5) is 23.1. The molecule has 2 amide bonds. The van der Waals surface area contributed by atoms with Crippen LogP contribution in [0, 0.1) is 6.92 Å². The molecule has 0 unspecified atom stereocenters. The Labute approximate surface area is 170 Å². The monoisotopic (exact) mass is 394 g/mol. The Kier molecular flexibility index (Phi) is 5.95. The van der Waals surface area contributed by atoms with Gasteiger partial charge in [0.2, 0.25) is 0 Å². The van der Waals surface area contributed by atoms with Crippen molar-refractivity contribution in [2.24, 2.45) is 5.73 Å². The van der Waals surface area contributed by atoms with E-state index in [1.165, 1.54) is 4.90 Å². The highest BCUT2D eigenvalue weighted by atomic mass is 35.5. The number of benzene rings is 2. The molecule has 0 fully saturated rings. The summed E-state index contributed by atoms with van der Waals surface area (Å²) in [6.45, 7) is 5.91. The first-order valence-corrected chi connectivity index (χ1v) is 9.64. The highest BCUT2D eigenvalue weighted by Crippen LogP contribution is 2.39. The maximum absolute atomic E-state index is 12.6. The Hall–Kier alpha value is -2.92. The lowest BCUT2D eigenvalue weighted by atomic mass is 10.0. The molecule has 6 heteroatoms. The zero-order valence-corrected chi connectivity index (χ0v) is 17.0. The predicted octanol–water partition coefficient (Wildman–Crippen LogP) is 5.45. The highest BCUT2D eigenvalue weighted by molar-refractivity contribution is 6.33. The Morgan fingerprint density at radius 2 is 1.71 bits per heavy atom. The second kappa shape index (κ2) is 8.40. The molecular formula is C22H23ClN4O. The molecule has 0 aliphatic rings. The maximum Gasteiger partial charge on any atom is 0.324 e. The Morgan fingerprint density at radius 3 is 2.29 bits per heavy atom. The Bertz CT molecular complexity index is 997. The van der Waals surface area contributed by atoms with E-state index in [2.05, 4.69) is 23.8 Å². The molecule has 2 N–H and O–H groups in total. The van der Waals surface area contributed by atoms with Gasteiger partial charge in [-0.2, -0.15) is 0 Å². The van der Waals surface area contributed by atoms with Gasteiger partial charge in [0.25, 0.3) is 0 Å². The minimum absolute atomic E-state index is 0.516. The van der Waals surface area contributed by atoms with Crippen molar-refractivity contribution in [3.63, 3.8) is 0 Å². The number of anilines is 2. The molecule has 0 saturated heterocycles. The van der Waals surface area contributed by atoms with Gasteiger partial charge < -0.3 is 5.73 Å². The third kappa shape index (κ3) is 3.71. The van der Waals surface area contributed by atoms with Gasteiger partial charge in [-0.1, -0.05) is 61.8 Å². The first-order chi connectivity index (χ1) is 13.5. The standard InChI is InChI=1S/C22H23ClN4O/c1-4-15-9-8-10-16(5-2)21(15)27(22(24)28)19-13-25-14(3)26-20(19)17-11-6-7-12-18(17)23/h6-13H,4-5H2,1-3H3,(H2,24,28). The van der Waals surface area contributed by atoms with Crippen molar-refractivity contribution in [1.29, 1.82) is 0 Å². The quantitative estimate of drug-likeness (QED) is 0.625. The van der Waals surface area contributed by atoms with Crippen LogP contribution >= 0.6 is 11.6 Å². The van der Waals surface area contributed by atoms with Crippen molar-refractivity contribution in [1.82, 2.24) is 9.97 Å². The van der Waals surface area contributed by atoms with E-state index in [0.717, 1.165) is 35.2 Å². The molecule has 0 radical (unpaired) electrons. The van der Waals surface area contributed by atoms with Gasteiger partial charge in [0, 0.05) is 5.56 Å².